The zero-order valence-corrected chi connectivity index (χ0v) is 15.6. The summed E-state index contributed by atoms with van der Waals surface area (Å²) in [6.45, 7) is 0.324. The SMILES string of the molecule is CS(=O)(=O)N1CC(c2ccnc(NC3CCCCC3)n2)c2cccnc21. The van der Waals surface area contributed by atoms with Crippen molar-refractivity contribution < 1.29 is 8.42 Å². The molecule has 7 nitrogen and oxygen atoms in total. The monoisotopic (exact) mass is 373 g/mol. The first-order chi connectivity index (χ1) is 12.5. The van der Waals surface area contributed by atoms with E-state index in [9.17, 15) is 8.42 Å². The number of hydrogen-bond acceptors (Lipinski definition) is 6. The summed E-state index contributed by atoms with van der Waals surface area (Å²) in [5.74, 6) is 0.987. The summed E-state index contributed by atoms with van der Waals surface area (Å²) in [6, 6.07) is 6.04. The molecule has 138 valence electrons. The van der Waals surface area contributed by atoms with Gasteiger partial charge in [-0.3, -0.25) is 4.31 Å². The van der Waals surface area contributed by atoms with E-state index in [2.05, 4.69) is 15.3 Å². The molecular weight excluding hydrogens is 350 g/mol. The predicted octanol–water partition coefficient (Wildman–Crippen LogP) is 2.53. The highest BCUT2D eigenvalue weighted by Crippen LogP contribution is 2.39. The third-order valence-electron chi connectivity index (χ3n) is 5.15. The van der Waals surface area contributed by atoms with Crippen molar-refractivity contribution >= 4 is 21.8 Å². The van der Waals surface area contributed by atoms with Crippen LogP contribution >= 0.6 is 0 Å². The van der Waals surface area contributed by atoms with Gasteiger partial charge in [0.2, 0.25) is 16.0 Å². The number of nitrogens with zero attached hydrogens (tertiary/aromatic N) is 4. The number of anilines is 2. The summed E-state index contributed by atoms with van der Waals surface area (Å²) in [5.41, 5.74) is 1.71. The van der Waals surface area contributed by atoms with Gasteiger partial charge < -0.3 is 5.32 Å². The number of hydrogen-bond donors (Lipinski definition) is 1. The molecule has 0 aromatic carbocycles. The van der Waals surface area contributed by atoms with Crippen LogP contribution in [0.2, 0.25) is 0 Å². The van der Waals surface area contributed by atoms with E-state index >= 15 is 0 Å². The Morgan fingerprint density at radius 2 is 1.92 bits per heavy atom. The first kappa shape index (κ1) is 17.2. The van der Waals surface area contributed by atoms with Gasteiger partial charge in [-0.1, -0.05) is 25.3 Å². The Morgan fingerprint density at radius 1 is 1.12 bits per heavy atom. The molecule has 1 aliphatic heterocycles. The number of sulfonamides is 1. The second-order valence-corrected chi connectivity index (χ2v) is 8.95. The van der Waals surface area contributed by atoms with E-state index in [-0.39, 0.29) is 5.92 Å². The Kier molecular flexibility index (Phi) is 4.52. The molecular formula is C18H23N5O2S. The molecule has 4 rings (SSSR count). The molecule has 1 unspecified atom stereocenters. The molecule has 1 saturated carbocycles. The lowest BCUT2D eigenvalue weighted by Gasteiger charge is -2.23. The number of fused-ring (bicyclic) bond motifs is 1. The Bertz CT molecular complexity index is 896. The highest BCUT2D eigenvalue weighted by molar-refractivity contribution is 7.92. The van der Waals surface area contributed by atoms with Crippen molar-refractivity contribution in [2.45, 2.75) is 44.1 Å². The Morgan fingerprint density at radius 3 is 2.69 bits per heavy atom. The van der Waals surface area contributed by atoms with E-state index in [0.29, 0.717) is 24.4 Å². The van der Waals surface area contributed by atoms with Crippen LogP contribution in [-0.2, 0) is 10.0 Å². The molecule has 1 aliphatic carbocycles. The van der Waals surface area contributed by atoms with E-state index in [1.165, 1.54) is 29.8 Å². The van der Waals surface area contributed by atoms with E-state index in [1.54, 1.807) is 12.4 Å². The number of nitrogens with one attached hydrogen (secondary N) is 1. The van der Waals surface area contributed by atoms with Crippen LogP contribution in [0, 0.1) is 0 Å². The second-order valence-electron chi connectivity index (χ2n) is 7.05. The fourth-order valence-electron chi connectivity index (χ4n) is 3.85. The molecule has 8 heteroatoms. The third-order valence-corrected chi connectivity index (χ3v) is 6.27. The predicted molar refractivity (Wildman–Crippen MR) is 101 cm³/mol. The summed E-state index contributed by atoms with van der Waals surface area (Å²) in [5, 5.41) is 3.44. The zero-order valence-electron chi connectivity index (χ0n) is 14.8. The fraction of sp³-hybridized carbons (Fsp3) is 0.500. The molecule has 1 fully saturated rings. The van der Waals surface area contributed by atoms with Crippen molar-refractivity contribution in [3.63, 3.8) is 0 Å². The molecule has 0 bridgehead atoms. The van der Waals surface area contributed by atoms with E-state index in [1.807, 2.05) is 18.2 Å². The summed E-state index contributed by atoms with van der Waals surface area (Å²) < 4.78 is 25.7. The van der Waals surface area contributed by atoms with Gasteiger partial charge in [-0.2, -0.15) is 0 Å². The average Bonchev–Trinajstić information content (AvgIpc) is 3.03. The first-order valence-electron chi connectivity index (χ1n) is 9.04. The highest BCUT2D eigenvalue weighted by atomic mass is 32.2. The molecule has 2 aromatic rings. The van der Waals surface area contributed by atoms with Gasteiger partial charge in [0.05, 0.1) is 11.9 Å². The van der Waals surface area contributed by atoms with Crippen molar-refractivity contribution in [3.05, 3.63) is 41.9 Å². The summed E-state index contributed by atoms with van der Waals surface area (Å²) >= 11 is 0. The molecule has 0 amide bonds. The minimum atomic E-state index is -3.38. The molecule has 0 radical (unpaired) electrons. The molecule has 2 aromatic heterocycles. The molecule has 0 spiro atoms. The van der Waals surface area contributed by atoms with Crippen molar-refractivity contribution in [1.29, 1.82) is 0 Å². The lowest BCUT2D eigenvalue weighted by molar-refractivity contribution is 0.460. The molecule has 3 heterocycles. The number of rotatable bonds is 4. The second kappa shape index (κ2) is 6.83. The van der Waals surface area contributed by atoms with Crippen molar-refractivity contribution in [2.75, 3.05) is 22.4 Å². The van der Waals surface area contributed by atoms with Crippen LogP contribution in [0.25, 0.3) is 0 Å². The quantitative estimate of drug-likeness (QED) is 0.886. The summed E-state index contributed by atoms with van der Waals surface area (Å²) in [7, 11) is -3.38. The topological polar surface area (TPSA) is 88.1 Å². The number of aromatic nitrogens is 3. The molecule has 1 atom stereocenters. The van der Waals surface area contributed by atoms with Crippen LogP contribution in [0.5, 0.6) is 0 Å². The largest absolute Gasteiger partial charge is 0.351 e. The van der Waals surface area contributed by atoms with Gasteiger partial charge in [0, 0.05) is 36.5 Å². The molecule has 2 aliphatic rings. The maximum Gasteiger partial charge on any atom is 0.233 e. The van der Waals surface area contributed by atoms with Crippen LogP contribution in [-0.4, -0.2) is 42.2 Å². The molecule has 26 heavy (non-hydrogen) atoms. The average molecular weight is 373 g/mol. The summed E-state index contributed by atoms with van der Waals surface area (Å²) in [4.78, 5) is 13.3. The van der Waals surface area contributed by atoms with Crippen molar-refractivity contribution in [1.82, 2.24) is 15.0 Å². The van der Waals surface area contributed by atoms with Crippen LogP contribution in [0.1, 0.15) is 49.3 Å². The van der Waals surface area contributed by atoms with Gasteiger partial charge in [-0.05, 0) is 25.0 Å². The molecule has 1 N–H and O–H groups in total. The smallest absolute Gasteiger partial charge is 0.233 e. The van der Waals surface area contributed by atoms with Gasteiger partial charge in [0.25, 0.3) is 0 Å². The van der Waals surface area contributed by atoms with E-state index in [0.717, 1.165) is 24.1 Å². The highest BCUT2D eigenvalue weighted by Gasteiger charge is 2.36. The Balaban J connectivity index is 1.62. The van der Waals surface area contributed by atoms with Gasteiger partial charge in [-0.25, -0.2) is 23.4 Å². The van der Waals surface area contributed by atoms with E-state index in [4.69, 9.17) is 4.98 Å². The Labute approximate surface area is 153 Å². The summed E-state index contributed by atoms with van der Waals surface area (Å²) in [6.07, 6.45) is 10.6. The third kappa shape index (κ3) is 3.38. The maximum atomic E-state index is 12.1. The van der Waals surface area contributed by atoms with Gasteiger partial charge in [-0.15, -0.1) is 0 Å². The first-order valence-corrected chi connectivity index (χ1v) is 10.9. The van der Waals surface area contributed by atoms with Gasteiger partial charge >= 0.3 is 0 Å². The van der Waals surface area contributed by atoms with E-state index < -0.39 is 10.0 Å². The van der Waals surface area contributed by atoms with Crippen LogP contribution in [0.4, 0.5) is 11.8 Å². The lowest BCUT2D eigenvalue weighted by Crippen LogP contribution is -2.29. The minimum absolute atomic E-state index is 0.136. The number of pyridine rings is 1. The standard InChI is InChI=1S/C18H23N5O2S/c1-26(24,25)23-12-15(14-8-5-10-19-17(14)23)16-9-11-20-18(22-16)21-13-6-3-2-4-7-13/h5,8-11,13,15H,2-4,6-7,12H2,1H3,(H,20,21,22). The van der Waals surface area contributed by atoms with Crippen molar-refractivity contribution in [2.24, 2.45) is 0 Å². The van der Waals surface area contributed by atoms with Gasteiger partial charge in [0.15, 0.2) is 0 Å². The fourth-order valence-corrected chi connectivity index (χ4v) is 4.74. The Hall–Kier alpha value is -2.22. The van der Waals surface area contributed by atoms with Crippen molar-refractivity contribution in [3.8, 4) is 0 Å². The molecule has 0 saturated heterocycles. The lowest BCUT2D eigenvalue weighted by atomic mass is 9.96. The van der Waals surface area contributed by atoms with Crippen LogP contribution in [0.15, 0.2) is 30.6 Å². The van der Waals surface area contributed by atoms with Gasteiger partial charge in [0.1, 0.15) is 5.82 Å². The minimum Gasteiger partial charge on any atom is -0.351 e. The van der Waals surface area contributed by atoms with Crippen LogP contribution < -0.4 is 9.62 Å². The maximum absolute atomic E-state index is 12.1. The normalized spacial score (nSPS) is 20.8. The zero-order chi connectivity index (χ0) is 18.1. The van der Waals surface area contributed by atoms with Crippen LogP contribution in [0.3, 0.4) is 0 Å².